The quantitative estimate of drug-likeness (QED) is 0.187. The summed E-state index contributed by atoms with van der Waals surface area (Å²) < 4.78 is 5.71. The van der Waals surface area contributed by atoms with Crippen molar-refractivity contribution in [1.29, 1.82) is 0 Å². The van der Waals surface area contributed by atoms with Gasteiger partial charge in [0.1, 0.15) is 28.8 Å². The summed E-state index contributed by atoms with van der Waals surface area (Å²) in [5.74, 6) is 1.75. The minimum Gasteiger partial charge on any atom is -0.508 e. The zero-order valence-electron chi connectivity index (χ0n) is 24.6. The first kappa shape index (κ1) is 34.3. The Morgan fingerprint density at radius 3 is 1.53 bits per heavy atom. The highest BCUT2D eigenvalue weighted by molar-refractivity contribution is 6.58. The van der Waals surface area contributed by atoms with Crippen LogP contribution < -0.4 is 10.2 Å². The standard InChI is InChI=1S/C17H16O3.C9H11BO3.C8H8O2/c1-12(18)10-14-4-3-5-17(11-14)20-16-8-6-15(7-9-16)13(2)19;1-7(11)5-8-3-2-4-9(6-8)10(12)13;1-6(9)7-2-4-8(10)5-3-7/h3-9,11H,10H2,1-2H3;2-4,6,12-13H,5H2,1H3;2-5,10H,1H3. The number of Topliss-reactive ketones (excluding diaryl/α,β-unsaturated/α-hetero) is 4. The SMILES string of the molecule is CC(=O)Cc1cccc(B(O)O)c1.CC(=O)Cc1cccc(Oc2ccc(C(C)=O)cc2)c1.CC(=O)c1ccc(O)cc1. The third kappa shape index (κ3) is 13.1. The van der Waals surface area contributed by atoms with Gasteiger partial charge < -0.3 is 19.9 Å². The number of hydrogen-bond donors (Lipinski definition) is 3. The second-order valence-electron chi connectivity index (χ2n) is 9.81. The van der Waals surface area contributed by atoms with Gasteiger partial charge in [-0.15, -0.1) is 0 Å². The molecule has 0 aliphatic heterocycles. The number of carbonyl (C=O) groups is 4. The van der Waals surface area contributed by atoms with Gasteiger partial charge in [0.25, 0.3) is 0 Å². The molecule has 0 unspecified atom stereocenters. The van der Waals surface area contributed by atoms with Crippen molar-refractivity contribution in [2.24, 2.45) is 0 Å². The largest absolute Gasteiger partial charge is 0.508 e. The molecule has 222 valence electrons. The van der Waals surface area contributed by atoms with E-state index in [9.17, 15) is 19.2 Å². The first-order valence-corrected chi connectivity index (χ1v) is 13.5. The van der Waals surface area contributed by atoms with Gasteiger partial charge in [-0.1, -0.05) is 36.4 Å². The summed E-state index contributed by atoms with van der Waals surface area (Å²) in [5.41, 5.74) is 3.42. The van der Waals surface area contributed by atoms with Crippen LogP contribution in [0.25, 0.3) is 0 Å². The maximum absolute atomic E-state index is 11.2. The van der Waals surface area contributed by atoms with Crippen LogP contribution in [0.3, 0.4) is 0 Å². The van der Waals surface area contributed by atoms with E-state index in [1.807, 2.05) is 24.3 Å². The van der Waals surface area contributed by atoms with Crippen LogP contribution in [-0.4, -0.2) is 45.4 Å². The highest BCUT2D eigenvalue weighted by atomic mass is 16.5. The van der Waals surface area contributed by atoms with Gasteiger partial charge in [0.2, 0.25) is 0 Å². The van der Waals surface area contributed by atoms with Gasteiger partial charge in [-0.25, -0.2) is 0 Å². The van der Waals surface area contributed by atoms with Crippen LogP contribution in [0.2, 0.25) is 0 Å². The highest BCUT2D eigenvalue weighted by Crippen LogP contribution is 2.23. The fraction of sp³-hybridized carbons (Fsp3) is 0.176. The van der Waals surface area contributed by atoms with Gasteiger partial charge in [-0.3, -0.25) is 19.2 Å². The maximum atomic E-state index is 11.2. The lowest BCUT2D eigenvalue weighted by Gasteiger charge is -2.07. The van der Waals surface area contributed by atoms with Crippen LogP contribution >= 0.6 is 0 Å². The molecule has 0 saturated heterocycles. The van der Waals surface area contributed by atoms with E-state index in [2.05, 4.69) is 0 Å². The zero-order chi connectivity index (χ0) is 31.9. The summed E-state index contributed by atoms with van der Waals surface area (Å²) in [7, 11) is -1.47. The van der Waals surface area contributed by atoms with Gasteiger partial charge in [-0.2, -0.15) is 0 Å². The fourth-order valence-corrected chi connectivity index (χ4v) is 3.75. The molecule has 0 spiro atoms. The Morgan fingerprint density at radius 1 is 0.605 bits per heavy atom. The van der Waals surface area contributed by atoms with E-state index in [1.54, 1.807) is 67.6 Å². The molecule has 4 aromatic rings. The van der Waals surface area contributed by atoms with E-state index < -0.39 is 7.12 Å². The Labute approximate surface area is 251 Å². The zero-order valence-corrected chi connectivity index (χ0v) is 24.6. The third-order valence-electron chi connectivity index (χ3n) is 5.82. The molecule has 3 N–H and O–H groups in total. The number of ketones is 4. The van der Waals surface area contributed by atoms with Crippen molar-refractivity contribution in [1.82, 2.24) is 0 Å². The van der Waals surface area contributed by atoms with Gasteiger partial charge in [0.05, 0.1) is 0 Å². The molecule has 0 aliphatic rings. The summed E-state index contributed by atoms with van der Waals surface area (Å²) in [6.45, 7) is 6.09. The predicted octanol–water partition coefficient (Wildman–Crippen LogP) is 4.91. The molecule has 0 amide bonds. The normalized spacial score (nSPS) is 9.81. The molecule has 0 atom stereocenters. The average molecular weight is 582 g/mol. The molecular formula is C34H35BO8. The molecule has 4 aromatic carbocycles. The first-order chi connectivity index (χ1) is 20.3. The number of ether oxygens (including phenoxy) is 1. The van der Waals surface area contributed by atoms with E-state index >= 15 is 0 Å². The number of phenols is 1. The number of aromatic hydroxyl groups is 1. The van der Waals surface area contributed by atoms with Crippen molar-refractivity contribution < 1.29 is 39.1 Å². The predicted molar refractivity (Wildman–Crippen MR) is 166 cm³/mol. The Bertz CT molecular complexity index is 1530. The number of rotatable bonds is 9. The minimum absolute atomic E-state index is 0.0139. The van der Waals surface area contributed by atoms with Crippen LogP contribution in [0.15, 0.2) is 97.1 Å². The van der Waals surface area contributed by atoms with Crippen molar-refractivity contribution in [2.45, 2.75) is 40.5 Å². The van der Waals surface area contributed by atoms with E-state index in [0.29, 0.717) is 40.9 Å². The maximum Gasteiger partial charge on any atom is 0.488 e. The second kappa shape index (κ2) is 17.2. The van der Waals surface area contributed by atoms with Crippen molar-refractivity contribution >= 4 is 35.7 Å². The number of hydrogen-bond acceptors (Lipinski definition) is 8. The summed E-state index contributed by atoms with van der Waals surface area (Å²) in [4.78, 5) is 43.7. The lowest BCUT2D eigenvalue weighted by atomic mass is 9.79. The van der Waals surface area contributed by atoms with E-state index in [1.165, 1.54) is 32.9 Å². The van der Waals surface area contributed by atoms with Crippen molar-refractivity contribution in [2.75, 3.05) is 0 Å². The summed E-state index contributed by atoms with van der Waals surface area (Å²) in [6.07, 6.45) is 0.737. The van der Waals surface area contributed by atoms with Crippen LogP contribution in [-0.2, 0) is 22.4 Å². The molecule has 4 rings (SSSR count). The lowest BCUT2D eigenvalue weighted by molar-refractivity contribution is -0.117. The molecule has 0 bridgehead atoms. The Hall–Kier alpha value is -4.86. The van der Waals surface area contributed by atoms with Crippen molar-refractivity contribution in [3.05, 3.63) is 119 Å². The molecule has 8 nitrogen and oxygen atoms in total. The lowest BCUT2D eigenvalue weighted by Crippen LogP contribution is -2.29. The number of benzene rings is 4. The number of carbonyl (C=O) groups excluding carboxylic acids is 4. The topological polar surface area (TPSA) is 138 Å². The van der Waals surface area contributed by atoms with Crippen LogP contribution in [0, 0.1) is 0 Å². The number of phenolic OH excluding ortho intramolecular Hbond substituents is 1. The Kier molecular flexibility index (Phi) is 13.7. The first-order valence-electron chi connectivity index (χ1n) is 13.5. The molecule has 0 saturated carbocycles. The molecule has 0 aromatic heterocycles. The smallest absolute Gasteiger partial charge is 0.488 e. The Balaban J connectivity index is 0.000000242. The molecular weight excluding hydrogens is 547 g/mol. The van der Waals surface area contributed by atoms with Crippen LogP contribution in [0.4, 0.5) is 0 Å². The molecule has 9 heteroatoms. The summed E-state index contributed by atoms with van der Waals surface area (Å²) >= 11 is 0. The van der Waals surface area contributed by atoms with E-state index in [4.69, 9.17) is 19.9 Å². The van der Waals surface area contributed by atoms with Crippen LogP contribution in [0.1, 0.15) is 59.5 Å². The van der Waals surface area contributed by atoms with Gasteiger partial charge >= 0.3 is 7.12 Å². The molecule has 0 fully saturated rings. The molecule has 43 heavy (non-hydrogen) atoms. The molecule has 0 radical (unpaired) electrons. The summed E-state index contributed by atoms with van der Waals surface area (Å²) in [6, 6.07) is 27.3. The average Bonchev–Trinajstić information content (AvgIpc) is 2.94. The molecule has 0 aliphatic carbocycles. The third-order valence-corrected chi connectivity index (χ3v) is 5.82. The van der Waals surface area contributed by atoms with Crippen molar-refractivity contribution in [3.8, 4) is 17.2 Å². The highest BCUT2D eigenvalue weighted by Gasteiger charge is 2.11. The van der Waals surface area contributed by atoms with Gasteiger partial charge in [0.15, 0.2) is 11.6 Å². The van der Waals surface area contributed by atoms with Crippen LogP contribution in [0.5, 0.6) is 17.2 Å². The minimum atomic E-state index is -1.47. The fourth-order valence-electron chi connectivity index (χ4n) is 3.75. The monoisotopic (exact) mass is 582 g/mol. The van der Waals surface area contributed by atoms with Gasteiger partial charge in [-0.05, 0) is 105 Å². The van der Waals surface area contributed by atoms with Gasteiger partial charge in [0, 0.05) is 24.0 Å². The summed E-state index contributed by atoms with van der Waals surface area (Å²) in [5, 5.41) is 26.5. The van der Waals surface area contributed by atoms with E-state index in [0.717, 1.165) is 11.1 Å². The second-order valence-corrected chi connectivity index (χ2v) is 9.81. The van der Waals surface area contributed by atoms with Crippen molar-refractivity contribution in [3.63, 3.8) is 0 Å². The van der Waals surface area contributed by atoms with E-state index in [-0.39, 0.29) is 28.9 Å². The molecule has 0 heterocycles. The Morgan fingerprint density at radius 2 is 1.07 bits per heavy atom.